The number of aromatic nitrogens is 1. The number of aliphatic hydroxyl groups is 2. The molecule has 3 amide bonds. The van der Waals surface area contributed by atoms with Crippen LogP contribution in [0.2, 0.25) is 0 Å². The van der Waals surface area contributed by atoms with Crippen LogP contribution < -0.4 is 5.32 Å². The average Bonchev–Trinajstić information content (AvgIpc) is 3.70. The van der Waals surface area contributed by atoms with Gasteiger partial charge in [0.1, 0.15) is 4.75 Å². The molecule has 3 N–H and O–H groups in total. The second-order valence-corrected chi connectivity index (χ2v) is 18.7. The van der Waals surface area contributed by atoms with Crippen LogP contribution in [-0.2, 0) is 31.1 Å². The minimum absolute atomic E-state index is 0.158. The maximum absolute atomic E-state index is 14.6. The number of fused-ring (bicyclic) bond motifs is 9. The Bertz CT molecular complexity index is 1980. The van der Waals surface area contributed by atoms with Gasteiger partial charge in [-0.3, -0.25) is 19.2 Å². The predicted molar refractivity (Wildman–Crippen MR) is 183 cm³/mol. The van der Waals surface area contributed by atoms with Crippen molar-refractivity contribution in [2.75, 3.05) is 39.7 Å². The van der Waals surface area contributed by atoms with Crippen molar-refractivity contribution in [2.24, 2.45) is 5.92 Å². The minimum atomic E-state index is -1.38. The number of para-hydroxylation sites is 2. The number of Topliss-reactive ketones (excluding diaryl/α,β-unsaturated/α-hetero) is 1. The number of amides is 3. The monoisotopic (exact) mass is 709 g/mol. The van der Waals surface area contributed by atoms with Crippen molar-refractivity contribution in [3.8, 4) is 0 Å². The Morgan fingerprint density at radius 2 is 1.40 bits per heavy atom. The van der Waals surface area contributed by atoms with Crippen molar-refractivity contribution in [3.63, 3.8) is 0 Å². The molecule has 1 spiro atoms. The number of aliphatic hydroxyl groups excluding tert-OH is 2. The second-order valence-electron chi connectivity index (χ2n) is 13.3. The van der Waals surface area contributed by atoms with E-state index in [2.05, 4.69) is 16.0 Å². The number of benzene rings is 2. The molecule has 0 radical (unpaired) electrons. The average molecular weight is 710 g/mol. The molecule has 1 aromatic heterocycles. The van der Waals surface area contributed by atoms with Crippen molar-refractivity contribution >= 4 is 83.3 Å². The molecular weight excluding hydrogens is 679 g/mol. The first-order chi connectivity index (χ1) is 22.5. The maximum Gasteiger partial charge on any atom is 0.263 e. The van der Waals surface area contributed by atoms with Crippen LogP contribution in [0.5, 0.6) is 0 Å². The molecule has 6 saturated heterocycles. The summed E-state index contributed by atoms with van der Waals surface area (Å²) < 4.78 is 1.14. The highest BCUT2D eigenvalue weighted by Gasteiger charge is 2.80. The number of nitrogens with one attached hydrogen (secondary N) is 1. The lowest BCUT2D eigenvalue weighted by molar-refractivity contribution is -0.165. The molecule has 11 nitrogen and oxygen atoms in total. The molecule has 7 fully saturated rings. The molecule has 1 saturated carbocycles. The zero-order valence-corrected chi connectivity index (χ0v) is 28.9. The van der Waals surface area contributed by atoms with Gasteiger partial charge < -0.3 is 34.8 Å². The molecule has 8 aliphatic rings. The lowest BCUT2D eigenvalue weighted by Crippen LogP contribution is -2.77. The highest BCUT2D eigenvalue weighted by atomic mass is 33.1. The first-order valence-electron chi connectivity index (χ1n) is 15.3. The third kappa shape index (κ3) is 3.16. The van der Waals surface area contributed by atoms with Crippen LogP contribution in [0.1, 0.15) is 17.7 Å². The summed E-state index contributed by atoms with van der Waals surface area (Å²) in [7, 11) is 10.0. The summed E-state index contributed by atoms with van der Waals surface area (Å²) in [5.41, 5.74) is 2.56. The summed E-state index contributed by atoms with van der Waals surface area (Å²) in [5, 5.41) is 25.5. The van der Waals surface area contributed by atoms with E-state index in [9.17, 15) is 29.4 Å². The molecule has 4 bridgehead atoms. The summed E-state index contributed by atoms with van der Waals surface area (Å²) in [6, 6.07) is 17.4. The number of carbonyl (C=O) groups excluding carboxylic acids is 4. The molecule has 7 aliphatic heterocycles. The van der Waals surface area contributed by atoms with Gasteiger partial charge >= 0.3 is 0 Å². The molecule has 7 atom stereocenters. The van der Waals surface area contributed by atoms with Crippen LogP contribution in [0.15, 0.2) is 54.6 Å². The first kappa shape index (κ1) is 30.3. The van der Waals surface area contributed by atoms with Gasteiger partial charge in [-0.25, -0.2) is 0 Å². The van der Waals surface area contributed by atoms with E-state index in [-0.39, 0.29) is 29.9 Å². The van der Waals surface area contributed by atoms with E-state index in [1.165, 1.54) is 57.9 Å². The van der Waals surface area contributed by atoms with Gasteiger partial charge in [0.05, 0.1) is 30.7 Å². The highest BCUT2D eigenvalue weighted by molar-refractivity contribution is 8.78. The molecule has 8 heterocycles. The van der Waals surface area contributed by atoms with Gasteiger partial charge in [-0.2, -0.15) is 0 Å². The topological polar surface area (TPSA) is 135 Å². The van der Waals surface area contributed by atoms with E-state index in [4.69, 9.17) is 0 Å². The Balaban J connectivity index is 1.30. The fourth-order valence-corrected chi connectivity index (χ4v) is 16.5. The third-order valence-corrected chi connectivity index (χ3v) is 19.0. The second kappa shape index (κ2) is 9.45. The quantitative estimate of drug-likeness (QED) is 0.337. The van der Waals surface area contributed by atoms with E-state index >= 15 is 0 Å². The van der Waals surface area contributed by atoms with E-state index < -0.39 is 50.1 Å². The summed E-state index contributed by atoms with van der Waals surface area (Å²) >= 11 is 0. The lowest BCUT2D eigenvalue weighted by atomic mass is 9.79. The Morgan fingerprint density at radius 1 is 0.787 bits per heavy atom. The number of piperidine rings is 1. The van der Waals surface area contributed by atoms with Crippen molar-refractivity contribution in [1.82, 2.24) is 19.3 Å². The summed E-state index contributed by atoms with van der Waals surface area (Å²) in [6.07, 6.45) is 0.467. The number of nitrogens with zero attached hydrogens (tertiary/aromatic N) is 4. The van der Waals surface area contributed by atoms with Crippen LogP contribution in [0.4, 0.5) is 5.69 Å². The van der Waals surface area contributed by atoms with Gasteiger partial charge in [-0.15, -0.1) is 0 Å². The molecule has 11 rings (SSSR count). The van der Waals surface area contributed by atoms with E-state index in [1.807, 2.05) is 48.5 Å². The first-order valence-corrected chi connectivity index (χ1v) is 19.6. The number of ketones is 1. The Hall–Kier alpha value is -2.82. The number of carbonyl (C=O) groups is 4. The van der Waals surface area contributed by atoms with E-state index in [0.29, 0.717) is 6.42 Å². The predicted octanol–water partition coefficient (Wildman–Crippen LogP) is 2.32. The van der Waals surface area contributed by atoms with Gasteiger partial charge in [-0.1, -0.05) is 68.8 Å². The van der Waals surface area contributed by atoms with Gasteiger partial charge in [0.15, 0.2) is 15.5 Å². The van der Waals surface area contributed by atoms with Crippen LogP contribution >= 0.6 is 43.2 Å². The third-order valence-electron chi connectivity index (χ3n) is 11.5. The van der Waals surface area contributed by atoms with Gasteiger partial charge in [0.2, 0.25) is 10.8 Å². The molecule has 1 aliphatic carbocycles. The molecule has 2 aromatic carbocycles. The number of hydrogen-bond donors (Lipinski definition) is 3. The van der Waals surface area contributed by atoms with Gasteiger partial charge in [0, 0.05) is 56.4 Å². The number of piperazine rings is 1. The molecule has 47 heavy (non-hydrogen) atoms. The molecular formula is C32H31N5O6S4. The zero-order valence-electron chi connectivity index (χ0n) is 25.6. The summed E-state index contributed by atoms with van der Waals surface area (Å²) in [6.45, 7) is -0.976. The van der Waals surface area contributed by atoms with Crippen molar-refractivity contribution < 1.29 is 29.4 Å². The Kier molecular flexibility index (Phi) is 6.08. The number of anilines is 1. The van der Waals surface area contributed by atoms with Crippen molar-refractivity contribution in [3.05, 3.63) is 65.9 Å². The smallest absolute Gasteiger partial charge is 0.263 e. The molecule has 2 unspecified atom stereocenters. The number of likely N-dealkylation sites (N-methyl/N-ethyl adjacent to an activating group) is 3. The van der Waals surface area contributed by atoms with E-state index in [0.717, 1.165) is 27.8 Å². The highest BCUT2D eigenvalue weighted by Crippen LogP contribution is 2.72. The normalized spacial score (nSPS) is 38.4. The summed E-state index contributed by atoms with van der Waals surface area (Å²) in [5.74, 6) is -1.67. The minimum Gasteiger partial charge on any atom is -0.392 e. The fourth-order valence-electron chi connectivity index (χ4n) is 9.06. The Labute approximate surface area is 285 Å². The molecule has 3 aromatic rings. The lowest BCUT2D eigenvalue weighted by Gasteiger charge is -2.58. The van der Waals surface area contributed by atoms with Crippen LogP contribution in [-0.4, -0.2) is 113 Å². The Morgan fingerprint density at radius 3 is 2.17 bits per heavy atom. The van der Waals surface area contributed by atoms with Gasteiger partial charge in [0.25, 0.3) is 11.8 Å². The van der Waals surface area contributed by atoms with Crippen LogP contribution in [0, 0.1) is 5.92 Å². The number of hydrogen-bond acceptors (Lipinski definition) is 11. The van der Waals surface area contributed by atoms with Gasteiger partial charge in [-0.05, 0) is 34.4 Å². The van der Waals surface area contributed by atoms with Crippen LogP contribution in [0.25, 0.3) is 10.9 Å². The van der Waals surface area contributed by atoms with Crippen LogP contribution in [0.3, 0.4) is 0 Å². The SMILES string of the molecule is CN1C(=O)[C@@]2(CO)SS[C@@]1(Cc1cc3ccccc3n1C13C[C@@]45SS[C@](CO)(C(=O)C4[C@H]1Nc1ccccc13)N(C)C5=O)C(=O)N2C. The van der Waals surface area contributed by atoms with E-state index in [1.54, 1.807) is 21.1 Å². The molecule has 15 heteroatoms. The number of rotatable bonds is 5. The fraction of sp³-hybridized carbons (Fsp3) is 0.438. The maximum atomic E-state index is 14.6. The zero-order chi connectivity index (χ0) is 32.9. The molecule has 244 valence electrons. The van der Waals surface area contributed by atoms with Crippen molar-refractivity contribution in [1.29, 1.82) is 0 Å². The summed E-state index contributed by atoms with van der Waals surface area (Å²) in [4.78, 5) is 57.3. The largest absolute Gasteiger partial charge is 0.392 e. The van der Waals surface area contributed by atoms with Crippen molar-refractivity contribution in [2.45, 2.75) is 43.8 Å². The standard InChI is InChI=1S/C32H31N5O6S4/c1-34-25(41)29-14-28(19-9-5-6-10-20(19)33-23(28)22(29)24(40)31(34,15-38)46-44-29)37-18(12-17-8-4-7-11-21(17)37)13-30-26(42)36(3)32(16-39,47-45-30)27(43)35(30)2/h4-12,22-23,33,38-39H,13-16H2,1-3H3/t22?,23-,28?,29-,30+,31-,32-/m1/s1.